The van der Waals surface area contributed by atoms with E-state index < -0.39 is 0 Å². The van der Waals surface area contributed by atoms with Crippen LogP contribution >= 0.6 is 0 Å². The molecule has 0 saturated heterocycles. The molecule has 5 nitrogen and oxygen atoms in total. The highest BCUT2D eigenvalue weighted by Gasteiger charge is 2.26. The molecule has 2 aromatic carbocycles. The van der Waals surface area contributed by atoms with Gasteiger partial charge in [0.25, 0.3) is 5.56 Å². The van der Waals surface area contributed by atoms with Gasteiger partial charge in [-0.05, 0) is 49.6 Å². The SMILES string of the molecule is CCCCC(=O)N(C)C(CC)c1nc2ccccc2c(=O)n1-c1cccc(C)c1. The molecule has 1 atom stereocenters. The number of carbonyl (C=O) groups is 1. The molecule has 29 heavy (non-hydrogen) atoms. The van der Waals surface area contributed by atoms with Crippen LogP contribution in [0.15, 0.2) is 53.3 Å². The summed E-state index contributed by atoms with van der Waals surface area (Å²) in [5.74, 6) is 0.686. The molecule has 0 N–H and O–H groups in total. The molecule has 0 aliphatic carbocycles. The van der Waals surface area contributed by atoms with Gasteiger partial charge in [-0.2, -0.15) is 0 Å². The summed E-state index contributed by atoms with van der Waals surface area (Å²) in [6, 6.07) is 14.9. The van der Waals surface area contributed by atoms with Crippen molar-refractivity contribution in [2.45, 2.75) is 52.5 Å². The molecule has 0 radical (unpaired) electrons. The van der Waals surface area contributed by atoms with E-state index in [1.807, 2.05) is 63.4 Å². The summed E-state index contributed by atoms with van der Waals surface area (Å²) in [6.45, 7) is 6.10. The van der Waals surface area contributed by atoms with Gasteiger partial charge in [0, 0.05) is 13.5 Å². The number of rotatable bonds is 7. The van der Waals surface area contributed by atoms with Crippen molar-refractivity contribution in [3.63, 3.8) is 0 Å². The minimum Gasteiger partial charge on any atom is -0.336 e. The van der Waals surface area contributed by atoms with Crippen molar-refractivity contribution < 1.29 is 4.79 Å². The number of carbonyl (C=O) groups excluding carboxylic acids is 1. The standard InChI is InChI=1S/C24H29N3O2/c1-5-7-15-22(28)26(4)21(6-2)23-25-20-14-9-8-13-19(20)24(29)27(23)18-12-10-11-17(3)16-18/h8-14,16,21H,5-7,15H2,1-4H3. The van der Waals surface area contributed by atoms with Crippen LogP contribution in [0, 0.1) is 6.92 Å². The lowest BCUT2D eigenvalue weighted by Crippen LogP contribution is -2.35. The fourth-order valence-electron chi connectivity index (χ4n) is 3.70. The molecule has 1 amide bonds. The van der Waals surface area contributed by atoms with E-state index in [9.17, 15) is 9.59 Å². The molecule has 0 spiro atoms. The van der Waals surface area contributed by atoms with Gasteiger partial charge in [0.1, 0.15) is 5.82 Å². The largest absolute Gasteiger partial charge is 0.336 e. The lowest BCUT2D eigenvalue weighted by molar-refractivity contribution is -0.132. The highest BCUT2D eigenvalue weighted by atomic mass is 16.2. The smallest absolute Gasteiger partial charge is 0.266 e. The first-order chi connectivity index (χ1) is 14.0. The minimum absolute atomic E-state index is 0.0805. The maximum Gasteiger partial charge on any atom is 0.266 e. The number of aryl methyl sites for hydroxylation is 1. The number of hydrogen-bond acceptors (Lipinski definition) is 3. The average Bonchev–Trinajstić information content (AvgIpc) is 2.72. The molecular formula is C24H29N3O2. The Morgan fingerprint density at radius 2 is 1.90 bits per heavy atom. The quantitative estimate of drug-likeness (QED) is 0.582. The average molecular weight is 392 g/mol. The Hall–Kier alpha value is -2.95. The summed E-state index contributed by atoms with van der Waals surface area (Å²) in [6.07, 6.45) is 3.00. The molecule has 1 unspecified atom stereocenters. The van der Waals surface area contributed by atoms with Crippen molar-refractivity contribution in [1.29, 1.82) is 0 Å². The molecule has 3 rings (SSSR count). The van der Waals surface area contributed by atoms with Crippen molar-refractivity contribution >= 4 is 16.8 Å². The van der Waals surface area contributed by atoms with Crippen LogP contribution in [0.25, 0.3) is 16.6 Å². The summed E-state index contributed by atoms with van der Waals surface area (Å²) in [4.78, 5) is 32.8. The number of unbranched alkanes of at least 4 members (excludes halogenated alkanes) is 1. The van der Waals surface area contributed by atoms with Gasteiger partial charge in [-0.3, -0.25) is 14.2 Å². The molecule has 0 saturated carbocycles. The molecule has 0 fully saturated rings. The topological polar surface area (TPSA) is 55.2 Å². The third-order valence-electron chi connectivity index (χ3n) is 5.35. The summed E-state index contributed by atoms with van der Waals surface area (Å²) in [5.41, 5.74) is 2.39. The van der Waals surface area contributed by atoms with E-state index in [0.717, 1.165) is 24.1 Å². The molecule has 1 heterocycles. The van der Waals surface area contributed by atoms with Crippen molar-refractivity contribution in [2.24, 2.45) is 0 Å². The van der Waals surface area contributed by atoms with E-state index >= 15 is 0 Å². The van der Waals surface area contributed by atoms with Crippen LogP contribution in [0.1, 0.15) is 57.0 Å². The summed E-state index contributed by atoms with van der Waals surface area (Å²) >= 11 is 0. The molecule has 0 bridgehead atoms. The van der Waals surface area contributed by atoms with Gasteiger partial charge in [-0.15, -0.1) is 0 Å². The monoisotopic (exact) mass is 391 g/mol. The highest BCUT2D eigenvalue weighted by molar-refractivity contribution is 5.79. The molecule has 1 aromatic heterocycles. The highest BCUT2D eigenvalue weighted by Crippen LogP contribution is 2.26. The molecule has 3 aromatic rings. The Kier molecular flexibility index (Phi) is 6.47. The van der Waals surface area contributed by atoms with E-state index in [0.29, 0.717) is 29.6 Å². The molecule has 152 valence electrons. The summed E-state index contributed by atoms with van der Waals surface area (Å²) in [5, 5.41) is 0.576. The third-order valence-corrected chi connectivity index (χ3v) is 5.35. The van der Waals surface area contributed by atoms with Gasteiger partial charge >= 0.3 is 0 Å². The minimum atomic E-state index is -0.280. The first-order valence-electron chi connectivity index (χ1n) is 10.3. The van der Waals surface area contributed by atoms with Crippen LogP contribution in [0.4, 0.5) is 0 Å². The Morgan fingerprint density at radius 3 is 2.59 bits per heavy atom. The number of fused-ring (bicyclic) bond motifs is 1. The van der Waals surface area contributed by atoms with Crippen LogP contribution < -0.4 is 5.56 Å². The van der Waals surface area contributed by atoms with Gasteiger partial charge in [-0.25, -0.2) is 4.98 Å². The molecule has 0 aliphatic rings. The van der Waals surface area contributed by atoms with E-state index in [4.69, 9.17) is 4.98 Å². The first kappa shape index (κ1) is 20.8. The van der Waals surface area contributed by atoms with Gasteiger partial charge in [0.15, 0.2) is 0 Å². The normalized spacial score (nSPS) is 12.1. The van der Waals surface area contributed by atoms with Crippen LogP contribution in [0.3, 0.4) is 0 Å². The molecule has 0 aliphatic heterocycles. The predicted molar refractivity (Wildman–Crippen MR) is 117 cm³/mol. The van der Waals surface area contributed by atoms with E-state index in [1.54, 1.807) is 15.5 Å². The van der Waals surface area contributed by atoms with Crippen molar-refractivity contribution in [3.05, 3.63) is 70.3 Å². The number of hydrogen-bond donors (Lipinski definition) is 0. The Balaban J connectivity index is 2.23. The third kappa shape index (κ3) is 4.24. The fraction of sp³-hybridized carbons (Fsp3) is 0.375. The van der Waals surface area contributed by atoms with Gasteiger partial charge < -0.3 is 4.90 Å². The Bertz CT molecular complexity index is 1070. The van der Waals surface area contributed by atoms with Crippen molar-refractivity contribution in [2.75, 3.05) is 7.05 Å². The second-order valence-corrected chi connectivity index (χ2v) is 7.50. The number of para-hydroxylation sites is 1. The summed E-state index contributed by atoms with van der Waals surface area (Å²) < 4.78 is 1.67. The van der Waals surface area contributed by atoms with Crippen molar-refractivity contribution in [3.8, 4) is 5.69 Å². The van der Waals surface area contributed by atoms with Gasteiger partial charge in [0.2, 0.25) is 5.91 Å². The van der Waals surface area contributed by atoms with E-state index in [2.05, 4.69) is 6.92 Å². The fourth-order valence-corrected chi connectivity index (χ4v) is 3.70. The maximum atomic E-state index is 13.5. The zero-order chi connectivity index (χ0) is 21.0. The van der Waals surface area contributed by atoms with Crippen LogP contribution in [0.2, 0.25) is 0 Å². The Labute approximate surface area is 172 Å². The second kappa shape index (κ2) is 9.03. The zero-order valence-electron chi connectivity index (χ0n) is 17.7. The van der Waals surface area contributed by atoms with E-state index in [1.165, 1.54) is 0 Å². The van der Waals surface area contributed by atoms with Gasteiger partial charge in [0.05, 0.1) is 22.6 Å². The molecule has 5 heteroatoms. The van der Waals surface area contributed by atoms with Crippen molar-refractivity contribution in [1.82, 2.24) is 14.5 Å². The lowest BCUT2D eigenvalue weighted by Gasteiger charge is -2.29. The second-order valence-electron chi connectivity index (χ2n) is 7.50. The van der Waals surface area contributed by atoms with E-state index in [-0.39, 0.29) is 17.5 Å². The lowest BCUT2D eigenvalue weighted by atomic mass is 10.1. The van der Waals surface area contributed by atoms with Crippen LogP contribution in [0.5, 0.6) is 0 Å². The number of benzene rings is 2. The van der Waals surface area contributed by atoms with Crippen LogP contribution in [-0.4, -0.2) is 27.4 Å². The first-order valence-corrected chi connectivity index (χ1v) is 10.3. The number of aromatic nitrogens is 2. The maximum absolute atomic E-state index is 13.5. The predicted octanol–water partition coefficient (Wildman–Crippen LogP) is 4.79. The van der Waals surface area contributed by atoms with Gasteiger partial charge in [-0.1, -0.05) is 44.5 Å². The molecular weight excluding hydrogens is 362 g/mol. The zero-order valence-corrected chi connectivity index (χ0v) is 17.7. The summed E-state index contributed by atoms with van der Waals surface area (Å²) in [7, 11) is 1.81. The number of nitrogens with zero attached hydrogens (tertiary/aromatic N) is 3. The van der Waals surface area contributed by atoms with Crippen LogP contribution in [-0.2, 0) is 4.79 Å². The Morgan fingerprint density at radius 1 is 1.14 bits per heavy atom. The number of amides is 1.